The molecule has 0 aliphatic rings. The Morgan fingerprint density at radius 2 is 1.67 bits per heavy atom. The van der Waals surface area contributed by atoms with Gasteiger partial charge in [-0.25, -0.2) is 0 Å². The summed E-state index contributed by atoms with van der Waals surface area (Å²) in [5.41, 5.74) is 0.211. The van der Waals surface area contributed by atoms with Gasteiger partial charge < -0.3 is 28.9 Å². The van der Waals surface area contributed by atoms with Crippen molar-refractivity contribution in [2.75, 3.05) is 6.61 Å². The molecule has 0 rings (SSSR count). The average molecular weight is 328 g/mol. The summed E-state index contributed by atoms with van der Waals surface area (Å²) >= 11 is 0. The molecular weight excluding hydrogens is 319 g/mol. The molecule has 0 aromatic heterocycles. The van der Waals surface area contributed by atoms with Crippen molar-refractivity contribution in [1.29, 1.82) is 0 Å². The molecule has 0 fully saturated rings. The number of phosphoric acid groups is 2. The third-order valence-electron chi connectivity index (χ3n) is 1.16. The van der Waals surface area contributed by atoms with E-state index in [0.717, 1.165) is 0 Å². The molecule has 0 saturated heterocycles. The summed E-state index contributed by atoms with van der Waals surface area (Å²) in [5.74, 6) is 0. The summed E-state index contributed by atoms with van der Waals surface area (Å²) in [7, 11) is -10.9. The fourth-order valence-electron chi connectivity index (χ4n) is 0.450. The predicted octanol–water partition coefficient (Wildman–Crippen LogP) is -10.7. The Balaban J connectivity index is -0.000000327. The van der Waals surface area contributed by atoms with E-state index in [9.17, 15) is 23.8 Å². The predicted molar refractivity (Wildman–Crippen MR) is 43.1 cm³/mol. The number of aliphatic hydroxyl groups is 1. The maximum atomic E-state index is 10.6. The Morgan fingerprint density at radius 3 is 1.94 bits per heavy atom. The Labute approximate surface area is 171 Å². The summed E-state index contributed by atoms with van der Waals surface area (Å²) in [6.07, 6.45) is -1.30. The van der Waals surface area contributed by atoms with E-state index in [4.69, 9.17) is 5.11 Å². The van der Waals surface area contributed by atoms with Crippen LogP contribution in [-0.4, -0.2) is 17.8 Å². The van der Waals surface area contributed by atoms with Crippen molar-refractivity contribution < 1.29 is 126 Å². The van der Waals surface area contributed by atoms with Crippen LogP contribution >= 0.6 is 15.6 Å². The average Bonchev–Trinajstić information content (AvgIpc) is 1.95. The maximum absolute atomic E-state index is 10.6. The van der Waals surface area contributed by atoms with E-state index >= 15 is 0 Å². The molecule has 13 heteroatoms. The molecule has 0 aromatic rings. The zero-order valence-corrected chi connectivity index (χ0v) is 18.5. The second kappa shape index (κ2) is 12.5. The molecule has 0 heterocycles. The number of phosphoric ester groups is 1. The minimum absolute atomic E-state index is 0. The van der Waals surface area contributed by atoms with Gasteiger partial charge in [-0.3, -0.25) is 8.88 Å². The number of rotatable bonds is 6. The minimum atomic E-state index is -5.68. The molecule has 8 nitrogen and oxygen atoms in total. The van der Waals surface area contributed by atoms with E-state index in [1.165, 1.54) is 6.92 Å². The van der Waals surface area contributed by atoms with E-state index in [1.807, 2.05) is 0 Å². The first-order valence-corrected chi connectivity index (χ1v) is 6.48. The first kappa shape index (κ1) is 29.0. The smallest absolute Gasteiger partial charge is 0.790 e. The van der Waals surface area contributed by atoms with Crippen LogP contribution in [0.1, 0.15) is 6.92 Å². The van der Waals surface area contributed by atoms with Crippen LogP contribution < -0.4 is 103 Å². The van der Waals surface area contributed by atoms with Gasteiger partial charge in [-0.05, 0) is 12.5 Å². The van der Waals surface area contributed by atoms with Gasteiger partial charge >= 0.3 is 88.7 Å². The van der Waals surface area contributed by atoms with E-state index in [2.05, 4.69) is 15.4 Å². The molecule has 0 amide bonds. The van der Waals surface area contributed by atoms with E-state index in [1.54, 1.807) is 0 Å². The standard InChI is InChI=1S/C5H12O8P2.3Na/c1-4(2)5(6)3-12-15(10,11)13-14(7,8)9;;;/h5-6H,1,3H2,2H3,(H,10,11)(H2,7,8,9);;;/q;3*+1/p-3. The SMILES string of the molecule is C=C(C)C(O)COP(=O)([O-])OP(=O)([O-])[O-].[Na+].[Na+].[Na+]. The zero-order valence-electron chi connectivity index (χ0n) is 10.7. The van der Waals surface area contributed by atoms with Crippen molar-refractivity contribution in [2.45, 2.75) is 13.0 Å². The zero-order chi connectivity index (χ0) is 12.3. The van der Waals surface area contributed by atoms with Crippen LogP contribution in [0.2, 0.25) is 0 Å². The van der Waals surface area contributed by atoms with Gasteiger partial charge in [0, 0.05) is 0 Å². The summed E-state index contributed by atoms with van der Waals surface area (Å²) in [6.45, 7) is 3.92. The van der Waals surface area contributed by atoms with Gasteiger partial charge in [0.15, 0.2) is 0 Å². The monoisotopic (exact) mass is 328 g/mol. The van der Waals surface area contributed by atoms with Crippen molar-refractivity contribution >= 4 is 15.6 Å². The molecule has 90 valence electrons. The van der Waals surface area contributed by atoms with E-state index < -0.39 is 28.4 Å². The van der Waals surface area contributed by atoms with Crippen LogP contribution in [0, 0.1) is 0 Å². The second-order valence-corrected chi connectivity index (χ2v) is 5.33. The van der Waals surface area contributed by atoms with Gasteiger partial charge in [0.2, 0.25) is 0 Å². The molecule has 0 saturated carbocycles. The van der Waals surface area contributed by atoms with Gasteiger partial charge in [0.05, 0.1) is 20.5 Å². The van der Waals surface area contributed by atoms with Crippen LogP contribution in [0.15, 0.2) is 12.2 Å². The van der Waals surface area contributed by atoms with Crippen molar-refractivity contribution in [2.24, 2.45) is 0 Å². The Kier molecular flexibility index (Phi) is 20.2. The van der Waals surface area contributed by atoms with Crippen LogP contribution in [0.3, 0.4) is 0 Å². The molecule has 0 aliphatic heterocycles. The molecular formula is C5H9Na3O8P2. The van der Waals surface area contributed by atoms with Crippen molar-refractivity contribution in [3.05, 3.63) is 12.2 Å². The molecule has 0 aliphatic carbocycles. The van der Waals surface area contributed by atoms with Crippen molar-refractivity contribution in [3.8, 4) is 0 Å². The number of aliphatic hydroxyl groups excluding tert-OH is 1. The molecule has 18 heavy (non-hydrogen) atoms. The third-order valence-corrected chi connectivity index (χ3v) is 3.22. The van der Waals surface area contributed by atoms with Crippen molar-refractivity contribution in [3.63, 3.8) is 0 Å². The first-order chi connectivity index (χ1) is 6.53. The molecule has 1 N–H and O–H groups in total. The summed E-state index contributed by atoms with van der Waals surface area (Å²) < 4.78 is 27.6. The minimum Gasteiger partial charge on any atom is -0.790 e. The van der Waals surface area contributed by atoms with Gasteiger partial charge in [-0.2, -0.15) is 0 Å². The second-order valence-electron chi connectivity index (χ2n) is 2.63. The molecule has 0 aromatic carbocycles. The van der Waals surface area contributed by atoms with Gasteiger partial charge in [0.1, 0.15) is 0 Å². The maximum Gasteiger partial charge on any atom is 1.00 e. The topological polar surface area (TPSA) is 142 Å². The van der Waals surface area contributed by atoms with E-state index in [0.29, 0.717) is 0 Å². The van der Waals surface area contributed by atoms with Crippen molar-refractivity contribution in [1.82, 2.24) is 0 Å². The van der Waals surface area contributed by atoms with Crippen LogP contribution in [0.25, 0.3) is 0 Å². The fraction of sp³-hybridized carbons (Fsp3) is 0.600. The Morgan fingerprint density at radius 1 is 1.28 bits per heavy atom. The first-order valence-electron chi connectivity index (χ1n) is 3.56. The fourth-order valence-corrected chi connectivity index (χ4v) is 1.94. The van der Waals surface area contributed by atoms with Crippen LogP contribution in [0.4, 0.5) is 0 Å². The van der Waals surface area contributed by atoms with E-state index in [-0.39, 0.29) is 94.2 Å². The summed E-state index contributed by atoms with van der Waals surface area (Å²) in [4.78, 5) is 30.5. The largest absolute Gasteiger partial charge is 1.00 e. The quantitative estimate of drug-likeness (QED) is 0.288. The Bertz CT molecular complexity index is 331. The normalized spacial score (nSPS) is 15.2. The van der Waals surface area contributed by atoms with Crippen LogP contribution in [-0.2, 0) is 18.0 Å². The summed E-state index contributed by atoms with van der Waals surface area (Å²) in [5, 5.41) is 9.02. The van der Waals surface area contributed by atoms with Gasteiger partial charge in [-0.1, -0.05) is 6.58 Å². The van der Waals surface area contributed by atoms with Crippen LogP contribution in [0.5, 0.6) is 0 Å². The summed E-state index contributed by atoms with van der Waals surface area (Å²) in [6, 6.07) is 0. The number of hydrogen-bond donors (Lipinski definition) is 1. The molecule has 0 radical (unpaired) electrons. The van der Waals surface area contributed by atoms with Gasteiger partial charge in [0.25, 0.3) is 7.82 Å². The number of hydrogen-bond acceptors (Lipinski definition) is 8. The Hall–Kier alpha value is 2.96. The van der Waals surface area contributed by atoms with Gasteiger partial charge in [-0.15, -0.1) is 0 Å². The molecule has 0 bridgehead atoms. The third kappa shape index (κ3) is 17.0. The molecule has 2 unspecified atom stereocenters. The molecule has 2 atom stereocenters. The molecule has 0 spiro atoms.